The first kappa shape index (κ1) is 13.3. The molecule has 0 aliphatic rings. The molecule has 8 heteroatoms. The van der Waals surface area contributed by atoms with Gasteiger partial charge in [-0.3, -0.25) is 4.79 Å². The molecule has 3 rings (SSSR count). The molecule has 2 N–H and O–H groups in total. The third-order valence-electron chi connectivity index (χ3n) is 2.50. The zero-order valence-electron chi connectivity index (χ0n) is 10.8. The van der Waals surface area contributed by atoms with Gasteiger partial charge in [0.25, 0.3) is 0 Å². The van der Waals surface area contributed by atoms with E-state index in [1.165, 1.54) is 17.6 Å². The molecule has 0 bridgehead atoms. The Kier molecular flexibility index (Phi) is 3.88. The van der Waals surface area contributed by atoms with Crippen molar-refractivity contribution in [2.24, 2.45) is 0 Å². The molecular formula is C13H11N5O2S. The molecule has 0 unspecified atom stereocenters. The molecule has 0 aromatic carbocycles. The van der Waals surface area contributed by atoms with Gasteiger partial charge in [0.2, 0.25) is 5.91 Å². The highest BCUT2D eigenvalue weighted by Gasteiger charge is 2.09. The summed E-state index contributed by atoms with van der Waals surface area (Å²) in [6.07, 6.45) is 3.27. The normalized spacial score (nSPS) is 10.3. The molecule has 3 aromatic rings. The van der Waals surface area contributed by atoms with Crippen molar-refractivity contribution < 1.29 is 9.32 Å². The Bertz CT molecular complexity index is 711. The molecule has 0 aliphatic heterocycles. The highest BCUT2D eigenvalue weighted by molar-refractivity contribution is 7.13. The van der Waals surface area contributed by atoms with Gasteiger partial charge in [-0.05, 0) is 12.1 Å². The molecule has 0 fully saturated rings. The lowest BCUT2D eigenvalue weighted by atomic mass is 10.3. The van der Waals surface area contributed by atoms with Gasteiger partial charge >= 0.3 is 0 Å². The number of nitrogens with one attached hydrogen (secondary N) is 2. The van der Waals surface area contributed by atoms with Crippen LogP contribution in [0.3, 0.4) is 0 Å². The van der Waals surface area contributed by atoms with Crippen molar-refractivity contribution in [1.29, 1.82) is 0 Å². The maximum Gasteiger partial charge on any atom is 0.231 e. The molecule has 0 saturated carbocycles. The Balaban J connectivity index is 1.59. The molecule has 7 nitrogen and oxygen atoms in total. The SMILES string of the molecule is O=C(Cc1csc(Nc2ccccn2)n1)Nc1ccon1. The van der Waals surface area contributed by atoms with E-state index in [4.69, 9.17) is 0 Å². The van der Waals surface area contributed by atoms with E-state index in [0.717, 1.165) is 0 Å². The van der Waals surface area contributed by atoms with Gasteiger partial charge in [0, 0.05) is 17.6 Å². The summed E-state index contributed by atoms with van der Waals surface area (Å²) in [7, 11) is 0. The van der Waals surface area contributed by atoms with Crippen LogP contribution in [0, 0.1) is 0 Å². The fraction of sp³-hybridized carbons (Fsp3) is 0.0769. The third kappa shape index (κ3) is 3.63. The van der Waals surface area contributed by atoms with Crippen LogP contribution in [0.1, 0.15) is 5.69 Å². The second kappa shape index (κ2) is 6.14. The standard InChI is InChI=1S/C13H11N5O2S/c19-12(16-11-4-6-20-18-11)7-9-8-21-13(15-9)17-10-3-1-2-5-14-10/h1-6,8H,7H2,(H,14,15,17)(H,16,18,19). The van der Waals surface area contributed by atoms with Gasteiger partial charge in [-0.15, -0.1) is 11.3 Å². The zero-order valence-corrected chi connectivity index (χ0v) is 11.6. The van der Waals surface area contributed by atoms with Crippen LogP contribution in [0.25, 0.3) is 0 Å². The number of carbonyl (C=O) groups excluding carboxylic acids is 1. The topological polar surface area (TPSA) is 92.9 Å². The molecule has 1 amide bonds. The van der Waals surface area contributed by atoms with Crippen molar-refractivity contribution in [3.05, 3.63) is 47.8 Å². The number of pyridine rings is 1. The number of anilines is 3. The van der Waals surface area contributed by atoms with Crippen LogP contribution in [0.15, 0.2) is 46.6 Å². The van der Waals surface area contributed by atoms with Crippen LogP contribution in [0.4, 0.5) is 16.8 Å². The monoisotopic (exact) mass is 301 g/mol. The number of aromatic nitrogens is 3. The average molecular weight is 301 g/mol. The van der Waals surface area contributed by atoms with Crippen molar-refractivity contribution in [1.82, 2.24) is 15.1 Å². The number of thiazole rings is 1. The van der Waals surface area contributed by atoms with Gasteiger partial charge in [0.15, 0.2) is 10.9 Å². The van der Waals surface area contributed by atoms with E-state index in [9.17, 15) is 4.79 Å². The van der Waals surface area contributed by atoms with Crippen LogP contribution < -0.4 is 10.6 Å². The quantitative estimate of drug-likeness (QED) is 0.752. The molecule has 106 valence electrons. The fourth-order valence-corrected chi connectivity index (χ4v) is 2.34. The predicted molar refractivity (Wildman–Crippen MR) is 78.5 cm³/mol. The summed E-state index contributed by atoms with van der Waals surface area (Å²) >= 11 is 1.42. The number of amides is 1. The summed E-state index contributed by atoms with van der Waals surface area (Å²) in [4.78, 5) is 20.3. The van der Waals surface area contributed by atoms with Gasteiger partial charge in [0.1, 0.15) is 12.1 Å². The maximum absolute atomic E-state index is 11.8. The van der Waals surface area contributed by atoms with Crippen molar-refractivity contribution in [2.45, 2.75) is 6.42 Å². The van der Waals surface area contributed by atoms with Gasteiger partial charge in [0.05, 0.1) is 12.1 Å². The van der Waals surface area contributed by atoms with Crippen molar-refractivity contribution in [3.8, 4) is 0 Å². The lowest BCUT2D eigenvalue weighted by Gasteiger charge is -2.00. The van der Waals surface area contributed by atoms with Gasteiger partial charge in [-0.1, -0.05) is 11.2 Å². The Morgan fingerprint density at radius 2 is 2.24 bits per heavy atom. The number of carbonyl (C=O) groups is 1. The van der Waals surface area contributed by atoms with E-state index in [2.05, 4.69) is 30.3 Å². The molecule has 0 atom stereocenters. The first-order valence-corrected chi connectivity index (χ1v) is 7.00. The average Bonchev–Trinajstić information content (AvgIpc) is 3.12. The van der Waals surface area contributed by atoms with E-state index >= 15 is 0 Å². The summed E-state index contributed by atoms with van der Waals surface area (Å²) in [5.74, 6) is 0.908. The number of rotatable bonds is 5. The van der Waals surface area contributed by atoms with E-state index < -0.39 is 0 Å². The minimum atomic E-state index is -0.196. The minimum absolute atomic E-state index is 0.174. The number of hydrogen-bond acceptors (Lipinski definition) is 7. The molecule has 0 spiro atoms. The van der Waals surface area contributed by atoms with Crippen LogP contribution in [0.2, 0.25) is 0 Å². The summed E-state index contributed by atoms with van der Waals surface area (Å²) in [5, 5.41) is 11.8. The van der Waals surface area contributed by atoms with Crippen LogP contribution in [-0.2, 0) is 11.2 Å². The number of nitrogens with zero attached hydrogens (tertiary/aromatic N) is 3. The summed E-state index contributed by atoms with van der Waals surface area (Å²) in [6.45, 7) is 0. The van der Waals surface area contributed by atoms with Gasteiger partial charge < -0.3 is 15.2 Å². The largest absolute Gasteiger partial charge is 0.363 e. The lowest BCUT2D eigenvalue weighted by molar-refractivity contribution is -0.115. The van der Waals surface area contributed by atoms with Crippen molar-refractivity contribution in [3.63, 3.8) is 0 Å². The fourth-order valence-electron chi connectivity index (χ4n) is 1.62. The molecule has 3 aromatic heterocycles. The zero-order chi connectivity index (χ0) is 14.5. The van der Waals surface area contributed by atoms with Gasteiger partial charge in [-0.2, -0.15) is 0 Å². The number of hydrogen-bond donors (Lipinski definition) is 2. The highest BCUT2D eigenvalue weighted by Crippen LogP contribution is 2.19. The second-order valence-corrected chi connectivity index (χ2v) is 4.95. The molecule has 21 heavy (non-hydrogen) atoms. The van der Waals surface area contributed by atoms with Gasteiger partial charge in [-0.25, -0.2) is 9.97 Å². The Morgan fingerprint density at radius 3 is 3.00 bits per heavy atom. The smallest absolute Gasteiger partial charge is 0.231 e. The van der Waals surface area contributed by atoms with E-state index in [1.807, 2.05) is 23.6 Å². The summed E-state index contributed by atoms with van der Waals surface area (Å²) in [6, 6.07) is 7.15. The summed E-state index contributed by atoms with van der Waals surface area (Å²) < 4.78 is 4.64. The van der Waals surface area contributed by atoms with Crippen LogP contribution >= 0.6 is 11.3 Å². The molecule has 0 saturated heterocycles. The van der Waals surface area contributed by atoms with Crippen LogP contribution in [0.5, 0.6) is 0 Å². The molecule has 0 radical (unpaired) electrons. The van der Waals surface area contributed by atoms with Crippen molar-refractivity contribution >= 4 is 34.0 Å². The second-order valence-electron chi connectivity index (χ2n) is 4.09. The first-order chi connectivity index (χ1) is 10.3. The Hall–Kier alpha value is -2.74. The van der Waals surface area contributed by atoms with E-state index in [-0.39, 0.29) is 12.3 Å². The van der Waals surface area contributed by atoms with Crippen molar-refractivity contribution in [2.75, 3.05) is 10.6 Å². The lowest BCUT2D eigenvalue weighted by Crippen LogP contribution is -2.14. The minimum Gasteiger partial charge on any atom is -0.363 e. The predicted octanol–water partition coefficient (Wildman–Crippen LogP) is 2.45. The first-order valence-electron chi connectivity index (χ1n) is 6.12. The van der Waals surface area contributed by atoms with E-state index in [1.54, 1.807) is 12.3 Å². The molecular weight excluding hydrogens is 290 g/mol. The highest BCUT2D eigenvalue weighted by atomic mass is 32.1. The summed E-state index contributed by atoms with van der Waals surface area (Å²) in [5.41, 5.74) is 0.680. The Labute approximate surface area is 124 Å². The Morgan fingerprint density at radius 1 is 1.29 bits per heavy atom. The van der Waals surface area contributed by atoms with Crippen LogP contribution in [-0.4, -0.2) is 21.0 Å². The third-order valence-corrected chi connectivity index (χ3v) is 3.31. The molecule has 3 heterocycles. The maximum atomic E-state index is 11.8. The van der Waals surface area contributed by atoms with E-state index in [0.29, 0.717) is 22.5 Å². The molecule has 0 aliphatic carbocycles.